The number of thioether (sulfide) groups is 1. The van der Waals surface area contributed by atoms with E-state index in [0.29, 0.717) is 25.7 Å². The third-order valence-electron chi connectivity index (χ3n) is 5.17. The van der Waals surface area contributed by atoms with Crippen molar-refractivity contribution in [1.82, 2.24) is 15.5 Å². The number of hydrogen-bond donors (Lipinski definition) is 2. The fraction of sp³-hybridized carbons (Fsp3) is 0.682. The smallest absolute Gasteiger partial charge is 0.242 e. The summed E-state index contributed by atoms with van der Waals surface area (Å²) in [6.07, 6.45) is 3.64. The van der Waals surface area contributed by atoms with Crippen molar-refractivity contribution in [3.63, 3.8) is 0 Å². The van der Waals surface area contributed by atoms with E-state index in [1.54, 1.807) is 13.2 Å². The molecular weight excluding hydrogens is 450 g/mol. The first-order valence-corrected chi connectivity index (χ1v) is 12.4. The van der Waals surface area contributed by atoms with Gasteiger partial charge in [0.2, 0.25) is 23.6 Å². The van der Waals surface area contributed by atoms with Gasteiger partial charge in [-0.15, -0.1) is 0 Å². The lowest BCUT2D eigenvalue weighted by Gasteiger charge is -2.14. The third kappa shape index (κ3) is 11.2. The Balaban J connectivity index is 2.12. The van der Waals surface area contributed by atoms with Crippen molar-refractivity contribution >= 4 is 52.7 Å². The second-order valence-electron chi connectivity index (χ2n) is 7.79. The number of imide groups is 1. The molecule has 33 heavy (non-hydrogen) atoms. The van der Waals surface area contributed by atoms with E-state index in [9.17, 15) is 33.6 Å². The second-order valence-corrected chi connectivity index (χ2v) is 8.83. The lowest BCUT2D eigenvalue weighted by Crippen LogP contribution is -2.34. The predicted octanol–water partition coefficient (Wildman–Crippen LogP) is 0.557. The Morgan fingerprint density at radius 2 is 1.42 bits per heavy atom. The molecule has 0 aliphatic carbocycles. The quantitative estimate of drug-likeness (QED) is 0.285. The average molecular weight is 484 g/mol. The van der Waals surface area contributed by atoms with Crippen LogP contribution in [0.15, 0.2) is 0 Å². The van der Waals surface area contributed by atoms with Crippen LogP contribution in [0.2, 0.25) is 0 Å². The minimum atomic E-state index is -0.434. The summed E-state index contributed by atoms with van der Waals surface area (Å²) >= 11 is 1.33. The number of carbonyl (C=O) groups is 7. The molecular formula is C22H33N3O7S. The fourth-order valence-electron chi connectivity index (χ4n) is 3.13. The number of ketones is 3. The highest BCUT2D eigenvalue weighted by atomic mass is 32.2. The zero-order valence-electron chi connectivity index (χ0n) is 19.3. The van der Waals surface area contributed by atoms with E-state index in [-0.39, 0.29) is 92.1 Å². The summed E-state index contributed by atoms with van der Waals surface area (Å²) in [7, 11) is 0. The van der Waals surface area contributed by atoms with Gasteiger partial charge in [-0.1, -0.05) is 6.92 Å². The zero-order valence-corrected chi connectivity index (χ0v) is 20.1. The number of nitrogens with zero attached hydrogens (tertiary/aromatic N) is 1. The van der Waals surface area contributed by atoms with Crippen molar-refractivity contribution in [3.05, 3.63) is 0 Å². The zero-order chi connectivity index (χ0) is 24.8. The fourth-order valence-corrected chi connectivity index (χ4v) is 3.77. The van der Waals surface area contributed by atoms with E-state index in [1.807, 2.05) is 0 Å². The third-order valence-corrected chi connectivity index (χ3v) is 6.11. The van der Waals surface area contributed by atoms with Gasteiger partial charge < -0.3 is 10.6 Å². The maximum Gasteiger partial charge on any atom is 0.242 e. The Labute approximate surface area is 198 Å². The number of carbonyl (C=O) groups excluding carboxylic acids is 7. The largest absolute Gasteiger partial charge is 0.349 e. The Morgan fingerprint density at radius 3 is 2.00 bits per heavy atom. The number of Topliss-reactive ketones (excluding diaryl/α,β-unsaturated/α-hetero) is 3. The molecule has 4 amide bonds. The van der Waals surface area contributed by atoms with E-state index < -0.39 is 5.91 Å². The van der Waals surface area contributed by atoms with Crippen LogP contribution >= 0.6 is 11.8 Å². The molecule has 11 heteroatoms. The molecule has 1 saturated heterocycles. The minimum Gasteiger partial charge on any atom is -0.349 e. The van der Waals surface area contributed by atoms with E-state index >= 15 is 0 Å². The Hall–Kier alpha value is -2.56. The first-order chi connectivity index (χ1) is 15.7. The van der Waals surface area contributed by atoms with Gasteiger partial charge in [-0.2, -0.15) is 11.8 Å². The molecule has 1 aliphatic heterocycles. The Morgan fingerprint density at radius 1 is 0.848 bits per heavy atom. The molecule has 0 radical (unpaired) electrons. The number of likely N-dealkylation sites (tertiary alicyclic amines) is 1. The molecule has 0 aromatic heterocycles. The SMILES string of the molecule is CCC(=O)CCCC(=O)CNC(=O)CCC(=O)CNC(=O)CCCN1C(=O)CC(SC)C1=O. The Bertz CT molecular complexity index is 769. The van der Waals surface area contributed by atoms with Gasteiger partial charge in [-0.3, -0.25) is 38.5 Å². The summed E-state index contributed by atoms with van der Waals surface area (Å²) in [5.41, 5.74) is 0. The monoisotopic (exact) mass is 483 g/mol. The average Bonchev–Trinajstić information content (AvgIpc) is 3.07. The molecule has 0 aromatic carbocycles. The summed E-state index contributed by atoms with van der Waals surface area (Å²) in [6.45, 7) is 1.58. The summed E-state index contributed by atoms with van der Waals surface area (Å²) < 4.78 is 0. The standard InChI is InChI=1S/C22H33N3O7S/c1-3-15(26)6-4-7-16(27)13-24-20(30)10-9-17(28)14-23-19(29)8-5-11-25-21(31)12-18(33-2)22(25)32/h18H,3-14H2,1-2H3,(H,23,29)(H,24,30). The summed E-state index contributed by atoms with van der Waals surface area (Å²) in [4.78, 5) is 83.4. The molecule has 1 aliphatic rings. The lowest BCUT2D eigenvalue weighted by atomic mass is 10.1. The van der Waals surface area contributed by atoms with Crippen LogP contribution in [0.25, 0.3) is 0 Å². The van der Waals surface area contributed by atoms with Crippen molar-refractivity contribution in [3.8, 4) is 0 Å². The summed E-state index contributed by atoms with van der Waals surface area (Å²) in [5.74, 6) is -1.67. The highest BCUT2D eigenvalue weighted by Gasteiger charge is 2.37. The summed E-state index contributed by atoms with van der Waals surface area (Å²) in [5, 5.41) is 4.57. The molecule has 184 valence electrons. The van der Waals surface area contributed by atoms with Crippen molar-refractivity contribution in [2.75, 3.05) is 25.9 Å². The number of rotatable bonds is 17. The van der Waals surface area contributed by atoms with Crippen LogP contribution in [0.3, 0.4) is 0 Å². The van der Waals surface area contributed by atoms with Crippen molar-refractivity contribution in [2.45, 2.75) is 70.0 Å². The maximum absolute atomic E-state index is 12.0. The Kier molecular flexibility index (Phi) is 13.2. The molecule has 1 atom stereocenters. The van der Waals surface area contributed by atoms with Crippen LogP contribution in [0.4, 0.5) is 0 Å². The van der Waals surface area contributed by atoms with Gasteiger partial charge >= 0.3 is 0 Å². The molecule has 1 heterocycles. The van der Waals surface area contributed by atoms with Gasteiger partial charge in [-0.25, -0.2) is 0 Å². The normalized spacial score (nSPS) is 15.5. The molecule has 0 bridgehead atoms. The molecule has 1 unspecified atom stereocenters. The molecule has 0 spiro atoms. The van der Waals surface area contributed by atoms with E-state index in [4.69, 9.17) is 0 Å². The van der Waals surface area contributed by atoms with E-state index in [2.05, 4.69) is 10.6 Å². The molecule has 1 fully saturated rings. The highest BCUT2D eigenvalue weighted by molar-refractivity contribution is 8.00. The topological polar surface area (TPSA) is 147 Å². The van der Waals surface area contributed by atoms with Gasteiger partial charge in [0.1, 0.15) is 5.78 Å². The number of hydrogen-bond acceptors (Lipinski definition) is 8. The number of amides is 4. The van der Waals surface area contributed by atoms with Crippen LogP contribution in [-0.2, 0) is 33.6 Å². The molecule has 0 saturated carbocycles. The minimum absolute atomic E-state index is 0.0702. The van der Waals surface area contributed by atoms with Crippen molar-refractivity contribution < 1.29 is 33.6 Å². The lowest BCUT2D eigenvalue weighted by molar-refractivity contribution is -0.138. The summed E-state index contributed by atoms with van der Waals surface area (Å²) in [6, 6.07) is 0. The van der Waals surface area contributed by atoms with Crippen LogP contribution in [0.1, 0.15) is 64.7 Å². The molecule has 1 rings (SSSR count). The van der Waals surface area contributed by atoms with Crippen LogP contribution in [0.5, 0.6) is 0 Å². The van der Waals surface area contributed by atoms with Crippen LogP contribution in [0, 0.1) is 0 Å². The highest BCUT2D eigenvalue weighted by Crippen LogP contribution is 2.23. The van der Waals surface area contributed by atoms with Crippen LogP contribution < -0.4 is 10.6 Å². The maximum atomic E-state index is 12.0. The van der Waals surface area contributed by atoms with Crippen molar-refractivity contribution in [2.24, 2.45) is 0 Å². The van der Waals surface area contributed by atoms with Gasteiger partial charge in [0, 0.05) is 51.5 Å². The van der Waals surface area contributed by atoms with Gasteiger partial charge in [0.15, 0.2) is 11.6 Å². The first kappa shape index (κ1) is 28.5. The van der Waals surface area contributed by atoms with Gasteiger partial charge in [0.05, 0.1) is 18.3 Å². The second kappa shape index (κ2) is 15.3. The molecule has 10 nitrogen and oxygen atoms in total. The molecule has 2 N–H and O–H groups in total. The van der Waals surface area contributed by atoms with E-state index in [0.717, 1.165) is 0 Å². The van der Waals surface area contributed by atoms with Gasteiger partial charge in [0.25, 0.3) is 0 Å². The van der Waals surface area contributed by atoms with Gasteiger partial charge in [-0.05, 0) is 19.1 Å². The predicted molar refractivity (Wildman–Crippen MR) is 122 cm³/mol. The van der Waals surface area contributed by atoms with Crippen LogP contribution in [-0.4, -0.2) is 77.0 Å². The van der Waals surface area contributed by atoms with Crippen molar-refractivity contribution in [1.29, 1.82) is 0 Å². The number of nitrogens with one attached hydrogen (secondary N) is 2. The van der Waals surface area contributed by atoms with E-state index in [1.165, 1.54) is 16.7 Å². The first-order valence-electron chi connectivity index (χ1n) is 11.1. The molecule has 0 aromatic rings.